The molecule has 1 aliphatic heterocycles. The lowest BCUT2D eigenvalue weighted by Gasteiger charge is -2.08. The minimum absolute atomic E-state index is 0.0635. The molecule has 2 heterocycles. The lowest BCUT2D eigenvalue weighted by Crippen LogP contribution is -2.29. The van der Waals surface area contributed by atoms with Crippen molar-refractivity contribution < 1.29 is 22.3 Å². The van der Waals surface area contributed by atoms with Gasteiger partial charge < -0.3 is 19.2 Å². The average molecular weight is 353 g/mol. The van der Waals surface area contributed by atoms with E-state index in [1.807, 2.05) is 0 Å². The van der Waals surface area contributed by atoms with Crippen molar-refractivity contribution in [3.05, 3.63) is 24.1 Å². The van der Waals surface area contributed by atoms with E-state index in [1.165, 1.54) is 0 Å². The second kappa shape index (κ2) is 6.78. The van der Waals surface area contributed by atoms with E-state index in [0.29, 0.717) is 36.2 Å². The van der Waals surface area contributed by atoms with E-state index in [-0.39, 0.29) is 17.5 Å². The molecule has 1 aromatic carbocycles. The number of methoxy groups -OCH3 is 2. The number of rotatable bonds is 6. The number of ether oxygens (including phenoxy) is 2. The minimum atomic E-state index is -2.91. The molecule has 1 aliphatic rings. The Kier molecular flexibility index (Phi) is 4.72. The summed E-state index contributed by atoms with van der Waals surface area (Å²) in [6.07, 6.45) is 0.610. The Hall–Kier alpha value is -2.13. The van der Waals surface area contributed by atoms with E-state index in [2.05, 4.69) is 15.5 Å². The summed E-state index contributed by atoms with van der Waals surface area (Å²) < 4.78 is 39.0. The number of nitrogens with one attached hydrogen (secondary N) is 1. The maximum Gasteiger partial charge on any atom is 0.247 e. The van der Waals surface area contributed by atoms with Crippen LogP contribution in [0, 0.1) is 0 Å². The first-order valence-electron chi connectivity index (χ1n) is 7.49. The summed E-state index contributed by atoms with van der Waals surface area (Å²) in [5, 5.41) is 11.1. The van der Waals surface area contributed by atoms with Crippen LogP contribution < -0.4 is 14.8 Å². The van der Waals surface area contributed by atoms with Crippen molar-refractivity contribution in [2.75, 3.05) is 25.7 Å². The minimum Gasteiger partial charge on any atom is -0.493 e. The first-order valence-corrected chi connectivity index (χ1v) is 9.31. The van der Waals surface area contributed by atoms with Gasteiger partial charge in [-0.15, -0.1) is 10.2 Å². The molecule has 0 bridgehead atoms. The summed E-state index contributed by atoms with van der Waals surface area (Å²) in [4.78, 5) is 0. The number of nitrogens with zero attached hydrogens (tertiary/aromatic N) is 2. The molecule has 0 radical (unpaired) electrons. The standard InChI is InChI=1S/C15H19N3O5S/c1-21-12-4-3-10(7-13(12)22-2)15-18-17-14(23-15)8-16-11-5-6-24(19,20)9-11/h3-4,7,11,16H,5-6,8-9H2,1-2H3. The summed E-state index contributed by atoms with van der Waals surface area (Å²) in [5.74, 6) is 2.35. The lowest BCUT2D eigenvalue weighted by atomic mass is 10.2. The van der Waals surface area contributed by atoms with Gasteiger partial charge in [0.15, 0.2) is 21.3 Å². The van der Waals surface area contributed by atoms with Crippen LogP contribution >= 0.6 is 0 Å². The van der Waals surface area contributed by atoms with E-state index in [9.17, 15) is 8.42 Å². The smallest absolute Gasteiger partial charge is 0.247 e. The number of aromatic nitrogens is 2. The van der Waals surface area contributed by atoms with Crippen molar-refractivity contribution in [1.29, 1.82) is 0 Å². The van der Waals surface area contributed by atoms with Crippen LogP contribution in [0.3, 0.4) is 0 Å². The van der Waals surface area contributed by atoms with E-state index in [1.54, 1.807) is 32.4 Å². The van der Waals surface area contributed by atoms with Gasteiger partial charge in [-0.05, 0) is 24.6 Å². The predicted octanol–water partition coefficient (Wildman–Crippen LogP) is 1.03. The maximum absolute atomic E-state index is 11.4. The molecule has 130 valence electrons. The van der Waals surface area contributed by atoms with Crippen LogP contribution in [0.4, 0.5) is 0 Å². The lowest BCUT2D eigenvalue weighted by molar-refractivity contribution is 0.355. The molecule has 1 saturated heterocycles. The van der Waals surface area contributed by atoms with Crippen molar-refractivity contribution in [3.63, 3.8) is 0 Å². The Labute approximate surface area is 140 Å². The van der Waals surface area contributed by atoms with Crippen LogP contribution in [0.15, 0.2) is 22.6 Å². The van der Waals surface area contributed by atoms with Crippen LogP contribution in [0.1, 0.15) is 12.3 Å². The molecule has 1 N–H and O–H groups in total. The van der Waals surface area contributed by atoms with Gasteiger partial charge in [-0.1, -0.05) is 0 Å². The van der Waals surface area contributed by atoms with Crippen LogP contribution in [0.25, 0.3) is 11.5 Å². The van der Waals surface area contributed by atoms with Crippen molar-refractivity contribution in [2.45, 2.75) is 19.0 Å². The molecule has 1 unspecified atom stereocenters. The van der Waals surface area contributed by atoms with Gasteiger partial charge in [0.2, 0.25) is 11.8 Å². The normalized spacial score (nSPS) is 19.3. The summed E-state index contributed by atoms with van der Waals surface area (Å²) in [6.45, 7) is 0.334. The fourth-order valence-corrected chi connectivity index (χ4v) is 4.31. The molecule has 0 aliphatic carbocycles. The van der Waals surface area contributed by atoms with Crippen molar-refractivity contribution in [3.8, 4) is 23.0 Å². The van der Waals surface area contributed by atoms with Crippen molar-refractivity contribution in [1.82, 2.24) is 15.5 Å². The van der Waals surface area contributed by atoms with Gasteiger partial charge in [0.25, 0.3) is 0 Å². The first kappa shape index (κ1) is 16.7. The molecule has 0 amide bonds. The van der Waals surface area contributed by atoms with Gasteiger partial charge in [0.1, 0.15) is 0 Å². The summed E-state index contributed by atoms with van der Waals surface area (Å²) in [6, 6.07) is 5.26. The largest absolute Gasteiger partial charge is 0.493 e. The molecule has 1 atom stereocenters. The highest BCUT2D eigenvalue weighted by molar-refractivity contribution is 7.91. The Bertz CT molecular complexity index is 818. The molecule has 2 aromatic rings. The second-order valence-corrected chi connectivity index (χ2v) is 7.78. The SMILES string of the molecule is COc1ccc(-c2nnc(CNC3CCS(=O)(=O)C3)o2)cc1OC. The summed E-state index contributed by atoms with van der Waals surface area (Å²) in [7, 11) is 0.216. The maximum atomic E-state index is 11.4. The molecular weight excluding hydrogens is 334 g/mol. The predicted molar refractivity (Wildman–Crippen MR) is 86.7 cm³/mol. The number of benzene rings is 1. The average Bonchev–Trinajstić information content (AvgIpc) is 3.18. The van der Waals surface area contributed by atoms with Gasteiger partial charge in [0.05, 0.1) is 32.3 Å². The third-order valence-corrected chi connectivity index (χ3v) is 5.64. The quantitative estimate of drug-likeness (QED) is 0.821. The van der Waals surface area contributed by atoms with Gasteiger partial charge in [-0.25, -0.2) is 8.42 Å². The summed E-state index contributed by atoms with van der Waals surface area (Å²) >= 11 is 0. The molecule has 1 aromatic heterocycles. The number of sulfone groups is 1. The summed E-state index contributed by atoms with van der Waals surface area (Å²) in [5.41, 5.74) is 0.717. The monoisotopic (exact) mass is 353 g/mol. The third-order valence-electron chi connectivity index (χ3n) is 3.87. The Balaban J connectivity index is 1.67. The zero-order valence-corrected chi connectivity index (χ0v) is 14.3. The van der Waals surface area contributed by atoms with Crippen LogP contribution in [-0.4, -0.2) is 50.4 Å². The van der Waals surface area contributed by atoms with Gasteiger partial charge in [-0.3, -0.25) is 0 Å². The molecule has 8 nitrogen and oxygen atoms in total. The van der Waals surface area contributed by atoms with E-state index >= 15 is 0 Å². The molecular formula is C15H19N3O5S. The van der Waals surface area contributed by atoms with E-state index in [0.717, 1.165) is 5.56 Å². The van der Waals surface area contributed by atoms with E-state index < -0.39 is 9.84 Å². The topological polar surface area (TPSA) is 104 Å². The molecule has 1 fully saturated rings. The second-order valence-electron chi connectivity index (χ2n) is 5.55. The molecule has 9 heteroatoms. The fourth-order valence-electron chi connectivity index (χ4n) is 2.60. The van der Waals surface area contributed by atoms with Gasteiger partial charge in [-0.2, -0.15) is 0 Å². The highest BCUT2D eigenvalue weighted by Crippen LogP contribution is 2.31. The van der Waals surface area contributed by atoms with Crippen molar-refractivity contribution >= 4 is 9.84 Å². The zero-order valence-electron chi connectivity index (χ0n) is 13.5. The van der Waals surface area contributed by atoms with Gasteiger partial charge in [0, 0.05) is 11.6 Å². The van der Waals surface area contributed by atoms with E-state index in [4.69, 9.17) is 13.9 Å². The number of hydrogen-bond acceptors (Lipinski definition) is 8. The van der Waals surface area contributed by atoms with Crippen LogP contribution in [0.5, 0.6) is 11.5 Å². The molecule has 24 heavy (non-hydrogen) atoms. The molecule has 0 spiro atoms. The zero-order chi connectivity index (χ0) is 17.2. The van der Waals surface area contributed by atoms with Crippen molar-refractivity contribution in [2.24, 2.45) is 0 Å². The highest BCUT2D eigenvalue weighted by atomic mass is 32.2. The Morgan fingerprint density at radius 1 is 1.25 bits per heavy atom. The fraction of sp³-hybridized carbons (Fsp3) is 0.467. The van der Waals surface area contributed by atoms with Crippen LogP contribution in [0.2, 0.25) is 0 Å². The van der Waals surface area contributed by atoms with Gasteiger partial charge >= 0.3 is 0 Å². The third kappa shape index (κ3) is 3.68. The number of hydrogen-bond donors (Lipinski definition) is 1. The Morgan fingerprint density at radius 2 is 2.04 bits per heavy atom. The molecule has 3 rings (SSSR count). The first-order chi connectivity index (χ1) is 11.5. The Morgan fingerprint density at radius 3 is 2.71 bits per heavy atom. The highest BCUT2D eigenvalue weighted by Gasteiger charge is 2.27. The van der Waals surface area contributed by atoms with Crippen LogP contribution in [-0.2, 0) is 16.4 Å². The molecule has 0 saturated carbocycles.